The summed E-state index contributed by atoms with van der Waals surface area (Å²) in [5, 5.41) is 44.6. The molecule has 3 saturated heterocycles. The van der Waals surface area contributed by atoms with Gasteiger partial charge in [0.05, 0.1) is 24.4 Å². The van der Waals surface area contributed by atoms with Gasteiger partial charge in [0.15, 0.2) is 18.2 Å². The molecule has 47 heavy (non-hydrogen) atoms. The number of carbonyl (C=O) groups is 1. The van der Waals surface area contributed by atoms with Crippen molar-refractivity contribution in [1.82, 2.24) is 0 Å². The van der Waals surface area contributed by atoms with Crippen molar-refractivity contribution in [2.45, 2.75) is 161 Å². The Kier molecular flexibility index (Phi) is 6.90. The number of aliphatic hydroxyl groups is 4. The van der Waals surface area contributed by atoms with Crippen LogP contribution in [0.25, 0.3) is 0 Å². The van der Waals surface area contributed by atoms with E-state index in [1.807, 2.05) is 0 Å². The highest BCUT2D eigenvalue weighted by Crippen LogP contribution is 2.89. The molecule has 16 atom stereocenters. The molecule has 0 aromatic carbocycles. The van der Waals surface area contributed by atoms with Crippen molar-refractivity contribution in [3.8, 4) is 0 Å². The second-order valence-corrected chi connectivity index (χ2v) is 18.4. The number of hydrogen-bond acceptors (Lipinski definition) is 10. The number of fused-ring (bicyclic) bond motifs is 4. The van der Waals surface area contributed by atoms with Crippen molar-refractivity contribution in [3.63, 3.8) is 0 Å². The molecule has 3 spiro atoms. The molecule has 7 fully saturated rings. The van der Waals surface area contributed by atoms with E-state index >= 15 is 0 Å². The van der Waals surface area contributed by atoms with E-state index in [-0.39, 0.29) is 52.3 Å². The van der Waals surface area contributed by atoms with Crippen molar-refractivity contribution < 1.29 is 48.9 Å². The molecule has 4 N–H and O–H groups in total. The van der Waals surface area contributed by atoms with Gasteiger partial charge in [0.1, 0.15) is 24.4 Å². The zero-order chi connectivity index (χ0) is 33.9. The first-order chi connectivity index (χ1) is 21.8. The second-order valence-electron chi connectivity index (χ2n) is 18.4. The van der Waals surface area contributed by atoms with E-state index in [1.165, 1.54) is 12.5 Å². The fraction of sp³-hybridized carbons (Fsp3) is 0.919. The van der Waals surface area contributed by atoms with E-state index in [2.05, 4.69) is 40.7 Å². The van der Waals surface area contributed by atoms with Gasteiger partial charge in [-0.3, -0.25) is 4.79 Å². The van der Waals surface area contributed by atoms with Gasteiger partial charge >= 0.3 is 5.97 Å². The maximum atomic E-state index is 12.7. The van der Waals surface area contributed by atoms with Gasteiger partial charge in [0.2, 0.25) is 0 Å². The summed E-state index contributed by atoms with van der Waals surface area (Å²) >= 11 is 0. The number of aliphatic hydroxyl groups excluding tert-OH is 3. The van der Waals surface area contributed by atoms with Crippen LogP contribution in [0.4, 0.5) is 0 Å². The summed E-state index contributed by atoms with van der Waals surface area (Å²) in [6.45, 7) is 16.2. The fourth-order valence-electron chi connectivity index (χ4n) is 13.4. The predicted molar refractivity (Wildman–Crippen MR) is 168 cm³/mol. The van der Waals surface area contributed by atoms with Crippen LogP contribution in [-0.2, 0) is 28.5 Å². The van der Waals surface area contributed by atoms with Crippen molar-refractivity contribution in [1.29, 1.82) is 0 Å². The molecule has 0 amide bonds. The number of rotatable bonds is 4. The quantitative estimate of drug-likeness (QED) is 0.261. The third kappa shape index (κ3) is 3.88. The molecule has 2 bridgehead atoms. The number of hydrogen-bond donors (Lipinski definition) is 4. The Labute approximate surface area is 278 Å². The molecule has 8 rings (SSSR count). The lowest BCUT2D eigenvalue weighted by atomic mass is 9.44. The zero-order valence-corrected chi connectivity index (χ0v) is 29.3. The van der Waals surface area contributed by atoms with Crippen LogP contribution in [0, 0.1) is 44.8 Å². The number of ether oxygens (including phenoxy) is 5. The smallest absolute Gasteiger partial charge is 0.303 e. The van der Waals surface area contributed by atoms with Crippen molar-refractivity contribution >= 4 is 5.97 Å². The Bertz CT molecular complexity index is 1370. The van der Waals surface area contributed by atoms with Gasteiger partial charge in [0.25, 0.3) is 0 Å². The van der Waals surface area contributed by atoms with Gasteiger partial charge in [0, 0.05) is 18.3 Å². The van der Waals surface area contributed by atoms with Gasteiger partial charge in [-0.15, -0.1) is 0 Å². The summed E-state index contributed by atoms with van der Waals surface area (Å²) in [4.78, 5) is 11.9. The second kappa shape index (κ2) is 9.81. The molecular formula is C37H56O10. The molecule has 0 radical (unpaired) electrons. The highest BCUT2D eigenvalue weighted by molar-refractivity contribution is 5.66. The van der Waals surface area contributed by atoms with Gasteiger partial charge in [-0.1, -0.05) is 46.3 Å². The minimum absolute atomic E-state index is 0.00363. The Morgan fingerprint density at radius 3 is 2.47 bits per heavy atom. The van der Waals surface area contributed by atoms with E-state index in [4.69, 9.17) is 23.7 Å². The first-order valence-corrected chi connectivity index (χ1v) is 18.1. The van der Waals surface area contributed by atoms with E-state index in [1.54, 1.807) is 13.8 Å². The van der Waals surface area contributed by atoms with Crippen LogP contribution < -0.4 is 0 Å². The molecule has 4 saturated carbocycles. The standard InChI is InChI=1S/C37H56O10/c1-18-15-21-28(32(5,6)42)47-37(46-21)27(18)33(7)13-14-36-17-35(36)12-11-24(45-29-26(44-19(2)38)25(40)20(39)16-43-29)31(3,4)22(35)9-10-23(36)34(33,8)30(37)41/h10,18,20-22,24-30,39-42H,9,11-17H2,1-8H3/t18-,20-,21-,22+,24+,25+,26-,27-,28-,29+,30-,33-,34-,35-,36+,37+/m1/s1. The molecular weight excluding hydrogens is 604 g/mol. The van der Waals surface area contributed by atoms with Gasteiger partial charge in [-0.05, 0) is 92.3 Å². The van der Waals surface area contributed by atoms with E-state index < -0.39 is 59.6 Å². The molecule has 0 aromatic rings. The third-order valence-electron chi connectivity index (χ3n) is 15.5. The predicted octanol–water partition coefficient (Wildman–Crippen LogP) is 3.61. The highest BCUT2D eigenvalue weighted by Gasteiger charge is 2.86. The van der Waals surface area contributed by atoms with Crippen LogP contribution in [0.2, 0.25) is 0 Å². The summed E-state index contributed by atoms with van der Waals surface area (Å²) < 4.78 is 31.5. The lowest BCUT2D eigenvalue weighted by Crippen LogP contribution is -2.59. The number of esters is 1. The lowest BCUT2D eigenvalue weighted by Gasteiger charge is -2.60. The highest BCUT2D eigenvalue weighted by atomic mass is 16.8. The molecule has 0 unspecified atom stereocenters. The Hall–Kier alpha value is -1.11. The van der Waals surface area contributed by atoms with Gasteiger partial charge < -0.3 is 44.1 Å². The molecule has 3 heterocycles. The van der Waals surface area contributed by atoms with Gasteiger partial charge in [-0.2, -0.15) is 0 Å². The first-order valence-electron chi connectivity index (χ1n) is 18.1. The van der Waals surface area contributed by atoms with E-state index in [9.17, 15) is 25.2 Å². The first kappa shape index (κ1) is 33.1. The molecule has 8 aliphatic rings. The Morgan fingerprint density at radius 1 is 1.06 bits per heavy atom. The largest absolute Gasteiger partial charge is 0.454 e. The number of allylic oxidation sites excluding steroid dienone is 1. The third-order valence-corrected chi connectivity index (χ3v) is 15.5. The van der Waals surface area contributed by atoms with Crippen LogP contribution in [-0.4, -0.2) is 93.4 Å². The summed E-state index contributed by atoms with van der Waals surface area (Å²) in [6.07, 6.45) is 2.75. The molecule has 3 aliphatic heterocycles. The van der Waals surface area contributed by atoms with Crippen LogP contribution in [0.3, 0.4) is 0 Å². The normalized spacial score (nSPS) is 57.1. The maximum absolute atomic E-state index is 12.7. The topological polar surface area (TPSA) is 144 Å². The summed E-state index contributed by atoms with van der Waals surface area (Å²) in [7, 11) is 0. The Morgan fingerprint density at radius 2 is 1.79 bits per heavy atom. The maximum Gasteiger partial charge on any atom is 0.303 e. The van der Waals surface area contributed by atoms with E-state index in [0.29, 0.717) is 5.92 Å². The lowest BCUT2D eigenvalue weighted by molar-refractivity contribution is -0.303. The molecule has 10 nitrogen and oxygen atoms in total. The average molecular weight is 661 g/mol. The van der Waals surface area contributed by atoms with Crippen molar-refractivity contribution in [2.75, 3.05) is 6.61 Å². The minimum atomic E-state index is -1.29. The van der Waals surface area contributed by atoms with Crippen LogP contribution in [0.15, 0.2) is 11.6 Å². The molecule has 10 heteroatoms. The fourth-order valence-corrected chi connectivity index (χ4v) is 13.4. The van der Waals surface area contributed by atoms with Crippen LogP contribution in [0.1, 0.15) is 100 Å². The van der Waals surface area contributed by atoms with Crippen LogP contribution in [0.5, 0.6) is 0 Å². The monoisotopic (exact) mass is 660 g/mol. The summed E-state index contributed by atoms with van der Waals surface area (Å²) in [5.41, 5.74) is -0.620. The van der Waals surface area contributed by atoms with Gasteiger partial charge in [-0.25, -0.2) is 0 Å². The zero-order valence-electron chi connectivity index (χ0n) is 29.3. The van der Waals surface area contributed by atoms with Crippen molar-refractivity contribution in [3.05, 3.63) is 11.6 Å². The summed E-state index contributed by atoms with van der Waals surface area (Å²) in [6, 6.07) is 0. The average Bonchev–Trinajstić information content (AvgIpc) is 3.49. The van der Waals surface area contributed by atoms with Crippen molar-refractivity contribution in [2.24, 2.45) is 44.8 Å². The molecule has 5 aliphatic carbocycles. The SMILES string of the molecule is CC(=O)O[C@H]1[C@H](O[C@H]2CC[C@]34C[C@]35CC[C@]3(C)[C@H]6[C@H](C)C[C@H]7O[C@@]6(O[C@H]7C(C)(C)O)[C@H](O)[C@@]3(C)C5=CC[C@H]4C2(C)C)OC[C@@H](O)[C@@H]1O. The van der Waals surface area contributed by atoms with Crippen LogP contribution >= 0.6 is 0 Å². The Balaban J connectivity index is 1.11. The van der Waals surface area contributed by atoms with E-state index in [0.717, 1.165) is 44.9 Å². The summed E-state index contributed by atoms with van der Waals surface area (Å²) in [5.74, 6) is -1.07. The minimum Gasteiger partial charge on any atom is -0.454 e. The molecule has 264 valence electrons. The number of carbonyl (C=O) groups excluding carboxylic acids is 1. The molecule has 0 aromatic heterocycles.